The van der Waals surface area contributed by atoms with Gasteiger partial charge in [0.05, 0.1) is 0 Å². The van der Waals surface area contributed by atoms with E-state index >= 15 is 0 Å². The monoisotopic (exact) mass is 684 g/mol. The molecule has 0 amide bonds. The highest BCUT2D eigenvalue weighted by molar-refractivity contribution is 7.10. The number of nitrogens with zero attached hydrogens (tertiary/aromatic N) is 1. The van der Waals surface area contributed by atoms with Crippen LogP contribution in [0.2, 0.25) is 0 Å². The molecule has 1 N–H and O–H groups in total. The molecule has 5 aromatic carbocycles. The maximum Gasteiger partial charge on any atom is 0.134 e. The molecule has 0 unspecified atom stereocenters. The lowest BCUT2D eigenvalue weighted by Gasteiger charge is -2.23. The summed E-state index contributed by atoms with van der Waals surface area (Å²) in [6, 6.07) is 48.4. The molecule has 7 aromatic rings. The highest BCUT2D eigenvalue weighted by Gasteiger charge is 2.18. The highest BCUT2D eigenvalue weighted by Crippen LogP contribution is 2.34. The Morgan fingerprint density at radius 2 is 1.08 bits per heavy atom. The van der Waals surface area contributed by atoms with Gasteiger partial charge in [-0.15, -0.1) is 22.7 Å². The summed E-state index contributed by atoms with van der Waals surface area (Å²) in [4.78, 5) is 4.92. The van der Waals surface area contributed by atoms with Crippen LogP contribution in [-0.2, 0) is 6.54 Å². The van der Waals surface area contributed by atoms with Gasteiger partial charge in [0, 0.05) is 46.5 Å². The molecule has 0 saturated heterocycles. The molecule has 0 aliphatic heterocycles. The van der Waals surface area contributed by atoms with Crippen molar-refractivity contribution in [3.63, 3.8) is 0 Å². The number of rotatable bonds is 14. The summed E-state index contributed by atoms with van der Waals surface area (Å²) in [7, 11) is 4.15. The maximum absolute atomic E-state index is 6.56. The van der Waals surface area contributed by atoms with E-state index in [9.17, 15) is 0 Å². The third kappa shape index (κ3) is 9.58. The van der Waals surface area contributed by atoms with Crippen molar-refractivity contribution in [1.82, 2.24) is 10.2 Å². The van der Waals surface area contributed by atoms with E-state index in [0.717, 1.165) is 44.0 Å². The predicted octanol–water partition coefficient (Wildman–Crippen LogP) is 11.2. The number of benzene rings is 5. The van der Waals surface area contributed by atoms with Crippen molar-refractivity contribution in [3.05, 3.63) is 166 Å². The Bertz CT molecular complexity index is 1970. The normalized spacial score (nSPS) is 12.4. The number of ether oxygens (including phenoxy) is 2. The second-order valence-corrected chi connectivity index (χ2v) is 14.1. The molecule has 2 aromatic heterocycles. The molecule has 0 radical (unpaired) electrons. The minimum Gasteiger partial charge on any atom is -0.484 e. The molecule has 250 valence electrons. The first-order chi connectivity index (χ1) is 24.2. The zero-order valence-electron chi connectivity index (χ0n) is 28.2. The van der Waals surface area contributed by atoms with Crippen LogP contribution in [-0.4, -0.2) is 32.1 Å². The second-order valence-electron chi connectivity index (χ2n) is 12.1. The Kier molecular flexibility index (Phi) is 12.5. The van der Waals surface area contributed by atoms with Gasteiger partial charge >= 0.3 is 0 Å². The minimum absolute atomic E-state index is 0.0593. The van der Waals surface area contributed by atoms with Crippen LogP contribution >= 0.6 is 22.7 Å². The fourth-order valence-corrected chi connectivity index (χ4v) is 7.54. The fourth-order valence-electron chi connectivity index (χ4n) is 5.96. The van der Waals surface area contributed by atoms with Gasteiger partial charge in [0.25, 0.3) is 0 Å². The van der Waals surface area contributed by atoms with Crippen LogP contribution in [0.25, 0.3) is 21.5 Å². The van der Waals surface area contributed by atoms with E-state index in [1.165, 1.54) is 36.9 Å². The molecule has 2 heterocycles. The van der Waals surface area contributed by atoms with Crippen LogP contribution in [0.5, 0.6) is 11.5 Å². The molecule has 0 fully saturated rings. The van der Waals surface area contributed by atoms with Gasteiger partial charge in [-0.25, -0.2) is 0 Å². The molecule has 7 rings (SSSR count). The molecule has 0 spiro atoms. The summed E-state index contributed by atoms with van der Waals surface area (Å²) in [5, 5.41) is 12.2. The summed E-state index contributed by atoms with van der Waals surface area (Å²) < 4.78 is 12.9. The standard InChI is InChI=1S/C25H25NOS.C18H19NOS/c1-26(19-20-9-3-2-4-10-20)17-16-24(25-15-8-18-28-25)27-23-14-7-12-21-11-5-6-13-22(21)23;1-19-12-11-17(18-10-5-13-21-18)20-16-9-4-7-14-6-2-3-8-15(14)16/h2-15,18,24H,16-17,19H2,1H3;2-10,13,17,19H,11-12H2,1H3/t24-;17-/m00/s1. The first-order valence-corrected chi connectivity index (χ1v) is 18.7. The molecule has 6 heteroatoms. The molecule has 0 bridgehead atoms. The summed E-state index contributed by atoms with van der Waals surface area (Å²) in [5.41, 5.74) is 1.34. The van der Waals surface area contributed by atoms with E-state index in [1.54, 1.807) is 22.7 Å². The van der Waals surface area contributed by atoms with E-state index in [-0.39, 0.29) is 12.2 Å². The molecule has 4 nitrogen and oxygen atoms in total. The fraction of sp³-hybridized carbons (Fsp3) is 0.209. The van der Waals surface area contributed by atoms with Crippen LogP contribution in [0.15, 0.2) is 150 Å². The van der Waals surface area contributed by atoms with Gasteiger partial charge in [0.15, 0.2) is 0 Å². The highest BCUT2D eigenvalue weighted by atomic mass is 32.1. The number of thiophene rings is 2. The van der Waals surface area contributed by atoms with E-state index in [1.807, 2.05) is 7.05 Å². The Balaban J connectivity index is 0.000000177. The van der Waals surface area contributed by atoms with Gasteiger partial charge in [-0.1, -0.05) is 115 Å². The van der Waals surface area contributed by atoms with Gasteiger partial charge in [0.1, 0.15) is 23.7 Å². The largest absolute Gasteiger partial charge is 0.484 e. The Morgan fingerprint density at radius 1 is 0.571 bits per heavy atom. The smallest absolute Gasteiger partial charge is 0.134 e. The predicted molar refractivity (Wildman–Crippen MR) is 209 cm³/mol. The second kappa shape index (κ2) is 17.8. The van der Waals surface area contributed by atoms with Crippen LogP contribution < -0.4 is 14.8 Å². The lowest BCUT2D eigenvalue weighted by Crippen LogP contribution is -2.22. The van der Waals surface area contributed by atoms with Crippen molar-refractivity contribution >= 4 is 44.2 Å². The van der Waals surface area contributed by atoms with Gasteiger partial charge < -0.3 is 19.7 Å². The van der Waals surface area contributed by atoms with Crippen molar-refractivity contribution in [3.8, 4) is 11.5 Å². The molecule has 0 aliphatic carbocycles. The molecule has 2 atom stereocenters. The summed E-state index contributed by atoms with van der Waals surface area (Å²) in [6.07, 6.45) is 2.07. The lowest BCUT2D eigenvalue weighted by molar-refractivity contribution is 0.176. The Labute approximate surface area is 298 Å². The van der Waals surface area contributed by atoms with Gasteiger partial charge in [-0.2, -0.15) is 0 Å². The van der Waals surface area contributed by atoms with Crippen LogP contribution in [0.1, 0.15) is 40.4 Å². The minimum atomic E-state index is 0.0593. The number of hydrogen-bond acceptors (Lipinski definition) is 6. The van der Waals surface area contributed by atoms with E-state index in [4.69, 9.17) is 9.47 Å². The van der Waals surface area contributed by atoms with Crippen LogP contribution in [0.4, 0.5) is 0 Å². The SMILES string of the molecule is CN(CC[C@H](Oc1cccc2ccccc12)c1cccs1)Cc1ccccc1.CNCC[C@H](Oc1cccc2ccccc12)c1cccs1. The average Bonchev–Trinajstić information content (AvgIpc) is 3.89. The van der Waals surface area contributed by atoms with Gasteiger partial charge in [-0.3, -0.25) is 0 Å². The number of fused-ring (bicyclic) bond motifs is 2. The quantitative estimate of drug-likeness (QED) is 0.124. The lowest BCUT2D eigenvalue weighted by atomic mass is 10.1. The van der Waals surface area contributed by atoms with Gasteiger partial charge in [-0.05, 0) is 72.0 Å². The zero-order chi connectivity index (χ0) is 33.7. The van der Waals surface area contributed by atoms with Crippen molar-refractivity contribution in [2.45, 2.75) is 31.6 Å². The summed E-state index contributed by atoms with van der Waals surface area (Å²) in [5.74, 6) is 1.92. The summed E-state index contributed by atoms with van der Waals surface area (Å²) >= 11 is 3.52. The van der Waals surface area contributed by atoms with E-state index in [2.05, 4.69) is 168 Å². The Morgan fingerprint density at radius 3 is 1.61 bits per heavy atom. The number of nitrogens with one attached hydrogen (secondary N) is 1. The molecule has 0 aliphatic rings. The maximum atomic E-state index is 6.56. The van der Waals surface area contributed by atoms with E-state index < -0.39 is 0 Å². The first-order valence-electron chi connectivity index (χ1n) is 16.9. The zero-order valence-corrected chi connectivity index (χ0v) is 29.8. The van der Waals surface area contributed by atoms with Gasteiger partial charge in [0.2, 0.25) is 0 Å². The third-order valence-electron chi connectivity index (χ3n) is 8.48. The molecule has 49 heavy (non-hydrogen) atoms. The van der Waals surface area contributed by atoms with E-state index in [0.29, 0.717) is 0 Å². The average molecular weight is 685 g/mol. The number of hydrogen-bond donors (Lipinski definition) is 1. The molecular weight excluding hydrogens is 641 g/mol. The van der Waals surface area contributed by atoms with Crippen molar-refractivity contribution in [2.24, 2.45) is 0 Å². The Hall–Kier alpha value is -4.46. The third-order valence-corrected chi connectivity index (χ3v) is 10.4. The van der Waals surface area contributed by atoms with Crippen molar-refractivity contribution < 1.29 is 9.47 Å². The molecule has 0 saturated carbocycles. The topological polar surface area (TPSA) is 33.7 Å². The van der Waals surface area contributed by atoms with Crippen LogP contribution in [0, 0.1) is 0 Å². The van der Waals surface area contributed by atoms with Crippen molar-refractivity contribution in [1.29, 1.82) is 0 Å². The van der Waals surface area contributed by atoms with Crippen LogP contribution in [0.3, 0.4) is 0 Å². The first kappa shape index (κ1) is 34.4. The summed E-state index contributed by atoms with van der Waals surface area (Å²) in [6.45, 7) is 2.86. The van der Waals surface area contributed by atoms with Crippen molar-refractivity contribution in [2.75, 3.05) is 27.2 Å². The molecular formula is C43H44N2O2S2.